The molecule has 1 amide bonds. The number of carbonyl (C=O) groups excluding carboxylic acids is 1. The highest BCUT2D eigenvalue weighted by Gasteiger charge is 2.15. The van der Waals surface area contributed by atoms with E-state index in [1.807, 2.05) is 24.3 Å². The lowest BCUT2D eigenvalue weighted by atomic mass is 10.1. The molecule has 1 atom stereocenters. The summed E-state index contributed by atoms with van der Waals surface area (Å²) >= 11 is 0. The normalized spacial score (nSPS) is 16.1. The molecular formula is C20H33IN4O4. The number of hydrogen-bond acceptors (Lipinski definition) is 5. The van der Waals surface area contributed by atoms with Gasteiger partial charge in [0.25, 0.3) is 0 Å². The van der Waals surface area contributed by atoms with E-state index in [9.17, 15) is 4.79 Å². The van der Waals surface area contributed by atoms with Crippen molar-refractivity contribution in [2.24, 2.45) is 10.9 Å². The van der Waals surface area contributed by atoms with E-state index < -0.39 is 0 Å². The molecule has 1 aromatic rings. The maximum atomic E-state index is 12.0. The lowest BCUT2D eigenvalue weighted by molar-refractivity contribution is -0.120. The van der Waals surface area contributed by atoms with Crippen LogP contribution >= 0.6 is 24.0 Å². The van der Waals surface area contributed by atoms with Crippen LogP contribution in [0.1, 0.15) is 18.4 Å². The van der Waals surface area contributed by atoms with Crippen molar-refractivity contribution in [3.8, 4) is 5.75 Å². The van der Waals surface area contributed by atoms with Crippen LogP contribution < -0.4 is 20.7 Å². The van der Waals surface area contributed by atoms with Crippen LogP contribution in [0, 0.1) is 5.92 Å². The number of nitrogens with zero attached hydrogens (tertiary/aromatic N) is 1. The molecule has 0 aromatic heterocycles. The fraction of sp³-hybridized carbons (Fsp3) is 0.600. The lowest BCUT2D eigenvalue weighted by Gasteiger charge is -2.13. The molecule has 3 N–H and O–H groups in total. The quantitative estimate of drug-likeness (QED) is 0.178. The van der Waals surface area contributed by atoms with Gasteiger partial charge in [-0.2, -0.15) is 0 Å². The third kappa shape index (κ3) is 10.7. The molecule has 0 bridgehead atoms. The highest BCUT2D eigenvalue weighted by atomic mass is 127. The average Bonchev–Trinajstić information content (AvgIpc) is 3.25. The standard InChI is InChI=1S/C20H32N4O4.HI/c1-21-20(22-9-3-10-27-14-17-8-11-28-15-17)24-13-19(25)23-12-16-4-6-18(26-2)7-5-16;/h4-7,17H,3,8-15H2,1-2H3,(H,23,25)(H2,21,22,24);1H. The van der Waals surface area contributed by atoms with E-state index in [2.05, 4.69) is 20.9 Å². The third-order valence-electron chi connectivity index (χ3n) is 4.42. The van der Waals surface area contributed by atoms with E-state index in [0.29, 0.717) is 25.0 Å². The van der Waals surface area contributed by atoms with Crippen molar-refractivity contribution in [3.05, 3.63) is 29.8 Å². The van der Waals surface area contributed by atoms with Crippen molar-refractivity contribution < 1.29 is 19.0 Å². The zero-order valence-electron chi connectivity index (χ0n) is 17.2. The number of guanidine groups is 1. The van der Waals surface area contributed by atoms with Crippen LogP contribution in [-0.4, -0.2) is 65.5 Å². The number of nitrogens with one attached hydrogen (secondary N) is 3. The predicted molar refractivity (Wildman–Crippen MR) is 124 cm³/mol. The Morgan fingerprint density at radius 3 is 2.69 bits per heavy atom. The van der Waals surface area contributed by atoms with Gasteiger partial charge in [0.1, 0.15) is 5.75 Å². The number of methoxy groups -OCH3 is 1. The first kappa shape index (κ1) is 25.4. The average molecular weight is 520 g/mol. The van der Waals surface area contributed by atoms with Crippen molar-refractivity contribution >= 4 is 35.8 Å². The van der Waals surface area contributed by atoms with Gasteiger partial charge in [-0.1, -0.05) is 12.1 Å². The Morgan fingerprint density at radius 2 is 2.03 bits per heavy atom. The summed E-state index contributed by atoms with van der Waals surface area (Å²) < 4.78 is 16.1. The first-order chi connectivity index (χ1) is 13.7. The molecule has 1 unspecified atom stereocenters. The molecule has 1 aliphatic heterocycles. The second-order valence-corrected chi connectivity index (χ2v) is 6.64. The molecule has 1 fully saturated rings. The highest BCUT2D eigenvalue weighted by Crippen LogP contribution is 2.12. The molecule has 2 rings (SSSR count). The van der Waals surface area contributed by atoms with Crippen LogP contribution in [0.2, 0.25) is 0 Å². The molecule has 1 aliphatic rings. The van der Waals surface area contributed by atoms with Crippen LogP contribution in [0.15, 0.2) is 29.3 Å². The van der Waals surface area contributed by atoms with Gasteiger partial charge in [0.2, 0.25) is 5.91 Å². The summed E-state index contributed by atoms with van der Waals surface area (Å²) in [5.74, 6) is 1.84. The van der Waals surface area contributed by atoms with Gasteiger partial charge in [-0.3, -0.25) is 9.79 Å². The zero-order valence-corrected chi connectivity index (χ0v) is 19.6. The summed E-state index contributed by atoms with van der Waals surface area (Å²) in [6.07, 6.45) is 1.97. The molecular weight excluding hydrogens is 487 g/mol. The molecule has 0 aliphatic carbocycles. The summed E-state index contributed by atoms with van der Waals surface area (Å²) in [4.78, 5) is 16.1. The summed E-state index contributed by atoms with van der Waals surface area (Å²) in [7, 11) is 3.31. The fourth-order valence-electron chi connectivity index (χ4n) is 2.74. The van der Waals surface area contributed by atoms with E-state index in [1.54, 1.807) is 14.2 Å². The van der Waals surface area contributed by atoms with Gasteiger partial charge in [-0.25, -0.2) is 0 Å². The second-order valence-electron chi connectivity index (χ2n) is 6.64. The second kappa shape index (κ2) is 15.3. The number of carbonyl (C=O) groups is 1. The van der Waals surface area contributed by atoms with Crippen LogP contribution in [0.25, 0.3) is 0 Å². The van der Waals surface area contributed by atoms with Gasteiger partial charge in [0.05, 0.1) is 26.9 Å². The topological polar surface area (TPSA) is 93.2 Å². The molecule has 8 nitrogen and oxygen atoms in total. The maximum absolute atomic E-state index is 12.0. The lowest BCUT2D eigenvalue weighted by Crippen LogP contribution is -2.43. The Hall–Kier alpha value is -1.59. The van der Waals surface area contributed by atoms with Crippen LogP contribution in [0.3, 0.4) is 0 Å². The van der Waals surface area contributed by atoms with Gasteiger partial charge in [0, 0.05) is 39.3 Å². The number of amides is 1. The van der Waals surface area contributed by atoms with E-state index in [1.165, 1.54) is 0 Å². The Kier molecular flexibility index (Phi) is 13.4. The molecule has 0 spiro atoms. The molecule has 1 aromatic carbocycles. The summed E-state index contributed by atoms with van der Waals surface area (Å²) in [6, 6.07) is 7.59. The number of benzene rings is 1. The van der Waals surface area contributed by atoms with Gasteiger partial charge in [-0.05, 0) is 30.5 Å². The maximum Gasteiger partial charge on any atom is 0.239 e. The molecule has 1 heterocycles. The fourth-order valence-corrected chi connectivity index (χ4v) is 2.74. The predicted octanol–water partition coefficient (Wildman–Crippen LogP) is 1.54. The molecule has 29 heavy (non-hydrogen) atoms. The Labute approximate surface area is 190 Å². The molecule has 0 radical (unpaired) electrons. The SMILES string of the molecule is CN=C(NCCCOCC1CCOC1)NCC(=O)NCc1ccc(OC)cc1.I. The summed E-state index contributed by atoms with van der Waals surface area (Å²) in [5.41, 5.74) is 1.01. The minimum atomic E-state index is -0.0964. The highest BCUT2D eigenvalue weighted by molar-refractivity contribution is 14.0. The smallest absolute Gasteiger partial charge is 0.239 e. The Bertz CT molecular complexity index is 607. The first-order valence-corrected chi connectivity index (χ1v) is 9.71. The van der Waals surface area contributed by atoms with E-state index in [0.717, 1.165) is 50.5 Å². The summed E-state index contributed by atoms with van der Waals surface area (Å²) in [6.45, 7) is 4.49. The van der Waals surface area contributed by atoms with Crippen molar-refractivity contribution in [1.82, 2.24) is 16.0 Å². The molecule has 0 saturated carbocycles. The number of aliphatic imine (C=N–C) groups is 1. The third-order valence-corrected chi connectivity index (χ3v) is 4.42. The Balaban J connectivity index is 0.00000420. The monoisotopic (exact) mass is 520 g/mol. The van der Waals surface area contributed by atoms with Crippen LogP contribution in [-0.2, 0) is 20.8 Å². The van der Waals surface area contributed by atoms with Crippen molar-refractivity contribution in [2.45, 2.75) is 19.4 Å². The van der Waals surface area contributed by atoms with E-state index >= 15 is 0 Å². The van der Waals surface area contributed by atoms with Crippen LogP contribution in [0.4, 0.5) is 0 Å². The minimum absolute atomic E-state index is 0. The first-order valence-electron chi connectivity index (χ1n) is 9.71. The van der Waals surface area contributed by atoms with Gasteiger partial charge >= 0.3 is 0 Å². The number of rotatable bonds is 11. The zero-order chi connectivity index (χ0) is 20.0. The Morgan fingerprint density at radius 1 is 1.24 bits per heavy atom. The molecule has 164 valence electrons. The molecule has 9 heteroatoms. The van der Waals surface area contributed by atoms with E-state index in [4.69, 9.17) is 14.2 Å². The van der Waals surface area contributed by atoms with Crippen molar-refractivity contribution in [3.63, 3.8) is 0 Å². The summed E-state index contributed by atoms with van der Waals surface area (Å²) in [5, 5.41) is 9.06. The van der Waals surface area contributed by atoms with Gasteiger partial charge < -0.3 is 30.2 Å². The van der Waals surface area contributed by atoms with Crippen molar-refractivity contribution in [2.75, 3.05) is 53.7 Å². The largest absolute Gasteiger partial charge is 0.497 e. The number of ether oxygens (including phenoxy) is 3. The van der Waals surface area contributed by atoms with Gasteiger partial charge in [0.15, 0.2) is 5.96 Å². The number of halogens is 1. The van der Waals surface area contributed by atoms with Crippen molar-refractivity contribution in [1.29, 1.82) is 0 Å². The molecule has 1 saturated heterocycles. The van der Waals surface area contributed by atoms with Gasteiger partial charge in [-0.15, -0.1) is 24.0 Å². The minimum Gasteiger partial charge on any atom is -0.497 e. The number of hydrogen-bond donors (Lipinski definition) is 3. The van der Waals surface area contributed by atoms with E-state index in [-0.39, 0.29) is 36.4 Å². The van der Waals surface area contributed by atoms with Crippen LogP contribution in [0.5, 0.6) is 5.75 Å².